The van der Waals surface area contributed by atoms with Crippen molar-refractivity contribution in [3.05, 3.63) is 102 Å². The third-order valence-corrected chi connectivity index (χ3v) is 6.30. The number of pyridine rings is 1. The smallest absolute Gasteiger partial charge is 0.261 e. The van der Waals surface area contributed by atoms with Crippen LogP contribution in [0.1, 0.15) is 20.7 Å². The molecular formula is C28H18N2O2. The fraction of sp³-hybridized carbons (Fsp3) is 0.0357. The van der Waals surface area contributed by atoms with Crippen molar-refractivity contribution in [1.29, 1.82) is 0 Å². The van der Waals surface area contributed by atoms with E-state index in [4.69, 9.17) is 0 Å². The van der Waals surface area contributed by atoms with Crippen LogP contribution in [-0.2, 0) is 0 Å². The van der Waals surface area contributed by atoms with E-state index in [0.717, 1.165) is 43.8 Å². The largest absolute Gasteiger partial charge is 0.277 e. The van der Waals surface area contributed by atoms with E-state index in [-0.39, 0.29) is 11.8 Å². The quantitative estimate of drug-likeness (QED) is 0.336. The zero-order valence-electron chi connectivity index (χ0n) is 17.4. The fourth-order valence-electron chi connectivity index (χ4n) is 4.76. The highest BCUT2D eigenvalue weighted by molar-refractivity contribution is 6.27. The maximum Gasteiger partial charge on any atom is 0.261 e. The molecule has 0 fully saturated rings. The zero-order chi connectivity index (χ0) is 21.8. The number of aromatic nitrogens is 1. The van der Waals surface area contributed by atoms with Gasteiger partial charge in [-0.2, -0.15) is 0 Å². The third kappa shape index (κ3) is 2.53. The summed E-state index contributed by atoms with van der Waals surface area (Å²) in [5.41, 5.74) is 5.38. The van der Waals surface area contributed by atoms with Crippen LogP contribution >= 0.6 is 0 Å². The molecule has 5 aromatic rings. The molecule has 32 heavy (non-hydrogen) atoms. The Bertz CT molecular complexity index is 1550. The molecule has 2 amide bonds. The number of imide groups is 1. The molecule has 152 valence electrons. The van der Waals surface area contributed by atoms with E-state index in [1.165, 1.54) is 11.9 Å². The Balaban J connectivity index is 1.67. The van der Waals surface area contributed by atoms with Gasteiger partial charge in [0.05, 0.1) is 0 Å². The number of fused-ring (bicyclic) bond motifs is 1. The summed E-state index contributed by atoms with van der Waals surface area (Å²) in [4.78, 5) is 31.0. The molecule has 0 N–H and O–H groups in total. The molecule has 0 radical (unpaired) electrons. The summed E-state index contributed by atoms with van der Waals surface area (Å²) in [5, 5.41) is 3.89. The van der Waals surface area contributed by atoms with Gasteiger partial charge in [0.2, 0.25) is 0 Å². The van der Waals surface area contributed by atoms with Gasteiger partial charge < -0.3 is 0 Å². The first-order chi connectivity index (χ1) is 15.6. The predicted octanol–water partition coefficient (Wildman–Crippen LogP) is 5.95. The average Bonchev–Trinajstić information content (AvgIpc) is 2.85. The van der Waals surface area contributed by atoms with Gasteiger partial charge in [-0.25, -0.2) is 0 Å². The maximum atomic E-state index is 12.8. The van der Waals surface area contributed by atoms with Crippen LogP contribution in [0.2, 0.25) is 0 Å². The maximum absolute atomic E-state index is 12.8. The van der Waals surface area contributed by atoms with Crippen molar-refractivity contribution in [3.63, 3.8) is 0 Å². The van der Waals surface area contributed by atoms with Crippen LogP contribution in [0.3, 0.4) is 0 Å². The lowest BCUT2D eigenvalue weighted by Crippen LogP contribution is -2.36. The fourth-order valence-corrected chi connectivity index (χ4v) is 4.76. The van der Waals surface area contributed by atoms with Crippen molar-refractivity contribution in [2.45, 2.75) is 0 Å². The Hall–Kier alpha value is -4.31. The van der Waals surface area contributed by atoms with Crippen molar-refractivity contribution in [3.8, 4) is 22.3 Å². The SMILES string of the molecule is CN1C(=O)c2cccc3c(-c4ccc(-c5cccnc5)c5ccccc45)ccc(c23)C1=O. The van der Waals surface area contributed by atoms with Crippen LogP contribution in [0.25, 0.3) is 43.8 Å². The van der Waals surface area contributed by atoms with Crippen LogP contribution < -0.4 is 0 Å². The van der Waals surface area contributed by atoms with Crippen LogP contribution in [0.5, 0.6) is 0 Å². The van der Waals surface area contributed by atoms with Gasteiger partial charge in [0.1, 0.15) is 0 Å². The van der Waals surface area contributed by atoms with Crippen molar-refractivity contribution in [2.24, 2.45) is 0 Å². The summed E-state index contributed by atoms with van der Waals surface area (Å²) >= 11 is 0. The van der Waals surface area contributed by atoms with Crippen molar-refractivity contribution < 1.29 is 9.59 Å². The molecule has 0 aliphatic carbocycles. The van der Waals surface area contributed by atoms with E-state index in [9.17, 15) is 9.59 Å². The highest BCUT2D eigenvalue weighted by atomic mass is 16.2. The zero-order valence-corrected chi connectivity index (χ0v) is 17.4. The van der Waals surface area contributed by atoms with Crippen LogP contribution in [0, 0.1) is 0 Å². The Morgan fingerprint density at radius 1 is 0.594 bits per heavy atom. The minimum atomic E-state index is -0.262. The molecule has 0 bridgehead atoms. The minimum Gasteiger partial charge on any atom is -0.277 e. The molecule has 4 heteroatoms. The number of carbonyl (C=O) groups excluding carboxylic acids is 2. The van der Waals surface area contributed by atoms with Gasteiger partial charge in [-0.1, -0.05) is 60.7 Å². The monoisotopic (exact) mass is 414 g/mol. The Labute approximate surface area is 184 Å². The highest BCUT2D eigenvalue weighted by Crippen LogP contribution is 2.40. The normalized spacial score (nSPS) is 13.2. The van der Waals surface area contributed by atoms with Crippen molar-refractivity contribution in [1.82, 2.24) is 9.88 Å². The second-order valence-electron chi connectivity index (χ2n) is 8.01. The van der Waals surface area contributed by atoms with Crippen molar-refractivity contribution in [2.75, 3.05) is 7.05 Å². The lowest BCUT2D eigenvalue weighted by Gasteiger charge is -2.25. The number of carbonyl (C=O) groups is 2. The van der Waals surface area contributed by atoms with Crippen LogP contribution in [0.4, 0.5) is 0 Å². The Kier molecular flexibility index (Phi) is 3.95. The molecule has 0 saturated heterocycles. The van der Waals surface area contributed by atoms with E-state index in [1.807, 2.05) is 48.7 Å². The summed E-state index contributed by atoms with van der Waals surface area (Å²) in [5.74, 6) is -0.524. The van der Waals surface area contributed by atoms with E-state index in [0.29, 0.717) is 11.1 Å². The van der Waals surface area contributed by atoms with E-state index in [1.54, 1.807) is 12.3 Å². The molecule has 4 aromatic carbocycles. The summed E-state index contributed by atoms with van der Waals surface area (Å²) in [7, 11) is 1.53. The topological polar surface area (TPSA) is 50.3 Å². The molecule has 1 aliphatic rings. The van der Waals surface area contributed by atoms with Crippen molar-refractivity contribution >= 4 is 33.4 Å². The molecule has 0 spiro atoms. The molecule has 4 nitrogen and oxygen atoms in total. The molecule has 0 unspecified atom stereocenters. The van der Waals surface area contributed by atoms with Gasteiger partial charge in [0.25, 0.3) is 11.8 Å². The lowest BCUT2D eigenvalue weighted by molar-refractivity contribution is 0.0650. The second-order valence-corrected chi connectivity index (χ2v) is 8.01. The number of hydrogen-bond acceptors (Lipinski definition) is 3. The molecule has 2 heterocycles. The number of nitrogens with zero attached hydrogens (tertiary/aromatic N) is 2. The Morgan fingerprint density at radius 2 is 1.19 bits per heavy atom. The molecule has 1 aliphatic heterocycles. The van der Waals surface area contributed by atoms with Gasteiger partial charge in [-0.15, -0.1) is 0 Å². The molecule has 1 aromatic heterocycles. The van der Waals surface area contributed by atoms with Gasteiger partial charge in [-0.3, -0.25) is 19.5 Å². The first kappa shape index (κ1) is 18.5. The minimum absolute atomic E-state index is 0.262. The summed E-state index contributed by atoms with van der Waals surface area (Å²) in [6.45, 7) is 0. The van der Waals surface area contributed by atoms with Gasteiger partial charge >= 0.3 is 0 Å². The number of hydrogen-bond donors (Lipinski definition) is 0. The first-order valence-corrected chi connectivity index (χ1v) is 10.5. The molecule has 0 saturated carbocycles. The average molecular weight is 414 g/mol. The summed E-state index contributed by atoms with van der Waals surface area (Å²) < 4.78 is 0. The van der Waals surface area contributed by atoms with E-state index >= 15 is 0 Å². The lowest BCUT2D eigenvalue weighted by atomic mass is 9.86. The molecular weight excluding hydrogens is 396 g/mol. The third-order valence-electron chi connectivity index (χ3n) is 6.30. The summed E-state index contributed by atoms with van der Waals surface area (Å²) in [6, 6.07) is 26.1. The van der Waals surface area contributed by atoms with Crippen LogP contribution in [0.15, 0.2) is 91.3 Å². The number of amides is 2. The van der Waals surface area contributed by atoms with E-state index in [2.05, 4.69) is 35.3 Å². The van der Waals surface area contributed by atoms with Gasteiger partial charge in [0.15, 0.2) is 0 Å². The second kappa shape index (κ2) is 6.86. The highest BCUT2D eigenvalue weighted by Gasteiger charge is 2.30. The van der Waals surface area contributed by atoms with Gasteiger partial charge in [0, 0.05) is 41.5 Å². The predicted molar refractivity (Wildman–Crippen MR) is 127 cm³/mol. The van der Waals surface area contributed by atoms with Crippen LogP contribution in [-0.4, -0.2) is 28.7 Å². The first-order valence-electron chi connectivity index (χ1n) is 10.5. The number of rotatable bonds is 2. The molecule has 0 atom stereocenters. The van der Waals surface area contributed by atoms with E-state index < -0.39 is 0 Å². The summed E-state index contributed by atoms with van der Waals surface area (Å²) in [6.07, 6.45) is 3.65. The Morgan fingerprint density at radius 3 is 1.91 bits per heavy atom. The molecule has 6 rings (SSSR count). The van der Waals surface area contributed by atoms with Gasteiger partial charge in [-0.05, 0) is 51.0 Å². The number of benzene rings is 4. The standard InChI is InChI=1S/C28H18N2O2/c1-30-27(31)24-10-4-9-23-22(13-14-25(26(23)24)28(30)32)21-12-11-18(17-6-5-15-29-16-17)19-7-2-3-8-20(19)21/h2-16H,1H3.